The summed E-state index contributed by atoms with van der Waals surface area (Å²) in [5.74, 6) is 0. The van der Waals surface area contributed by atoms with E-state index in [2.05, 4.69) is 5.32 Å². The molecule has 0 aromatic heterocycles. The van der Waals surface area contributed by atoms with Gasteiger partial charge in [-0.25, -0.2) is 0 Å². The van der Waals surface area contributed by atoms with Crippen LogP contribution in [0.1, 0.15) is 12.8 Å². The van der Waals surface area contributed by atoms with Crippen molar-refractivity contribution in [1.82, 2.24) is 5.32 Å². The van der Waals surface area contributed by atoms with Gasteiger partial charge < -0.3 is 0 Å². The van der Waals surface area contributed by atoms with Crippen LogP contribution in [0.3, 0.4) is 0 Å². The molecule has 0 amide bonds. The zero-order valence-corrected chi connectivity index (χ0v) is 10.1. The Bertz CT molecular complexity index is 196. The second kappa shape index (κ2) is 3.98. The van der Waals surface area contributed by atoms with Crippen molar-refractivity contribution in [2.24, 2.45) is 0 Å². The predicted molar refractivity (Wildman–Crippen MR) is 40.6 cm³/mol. The van der Waals surface area contributed by atoms with Crippen LogP contribution in [-0.2, 0) is 1.63 Å². The van der Waals surface area contributed by atoms with E-state index in [-0.39, 0.29) is 52.0 Å². The van der Waals surface area contributed by atoms with Gasteiger partial charge in [0.1, 0.15) is 0 Å². The van der Waals surface area contributed by atoms with Crippen LogP contribution in [0.4, 0.5) is 0 Å². The van der Waals surface area contributed by atoms with Crippen LogP contribution in [-0.4, -0.2) is 73.5 Å². The molecule has 0 spiro atoms. The Labute approximate surface area is 91.6 Å². The minimum absolute atomic E-state index is 0.00579. The second-order valence-corrected chi connectivity index (χ2v) is 10.4. The van der Waals surface area contributed by atoms with Gasteiger partial charge in [-0.1, -0.05) is 0 Å². The maximum atomic E-state index is 11.0. The van der Waals surface area contributed by atoms with Gasteiger partial charge >= 0.3 is 93.3 Å². The van der Waals surface area contributed by atoms with Crippen LogP contribution in [0, 0.1) is 0 Å². The maximum absolute atomic E-state index is 11.0. The Morgan fingerprint density at radius 2 is 1.80 bits per heavy atom. The van der Waals surface area contributed by atoms with Crippen LogP contribution in [0.2, 0.25) is 0 Å². The van der Waals surface area contributed by atoms with Gasteiger partial charge in [0.15, 0.2) is 0 Å². The molecule has 54 valence electrons. The van der Waals surface area contributed by atoms with Crippen molar-refractivity contribution < 1.29 is 8.42 Å². The molecule has 0 aromatic carbocycles. The van der Waals surface area contributed by atoms with E-state index >= 15 is 0 Å². The van der Waals surface area contributed by atoms with E-state index in [1.165, 1.54) is 0 Å². The van der Waals surface area contributed by atoms with Gasteiger partial charge in [0.05, 0.1) is 0 Å². The molecule has 0 unspecified atom stereocenters. The standard InChI is InChI=1S/C5H10NO2S.K/c7-9(8)5-1-3-6-4-2-5;/h5-6H,1-4H2;. The fraction of sp³-hybridized carbons (Fsp3) is 1.00. The number of hydrogen-bond donors (Lipinski definition) is 1. The van der Waals surface area contributed by atoms with E-state index in [0.717, 1.165) is 25.9 Å². The first kappa shape index (κ1) is 9.63. The molecule has 0 saturated carbocycles. The topological polar surface area (TPSA) is 46.2 Å². The SMILES string of the molecule is O=[S](=O)([K])C1CCNCC1. The predicted octanol–water partition coefficient (Wildman–Crippen LogP) is -0.763. The molecule has 0 aromatic rings. The third-order valence-corrected chi connectivity index (χ3v) is 6.70. The molecule has 0 bridgehead atoms. The molecule has 0 atom stereocenters. The average Bonchev–Trinajstić information content (AvgIpc) is 1.88. The normalized spacial score (nSPS) is 23.0. The Balaban J connectivity index is 2.56. The van der Waals surface area contributed by atoms with Crippen molar-refractivity contribution in [2.75, 3.05) is 13.1 Å². The molecule has 1 aliphatic rings. The van der Waals surface area contributed by atoms with Gasteiger partial charge in [0.2, 0.25) is 0 Å². The van der Waals surface area contributed by atoms with E-state index in [1.54, 1.807) is 0 Å². The molecule has 1 rings (SSSR count). The van der Waals surface area contributed by atoms with Crippen LogP contribution >= 0.6 is 0 Å². The first-order valence-electron chi connectivity index (χ1n) is 3.50. The van der Waals surface area contributed by atoms with E-state index in [9.17, 15) is 8.42 Å². The molecule has 1 saturated heterocycles. The van der Waals surface area contributed by atoms with Crippen molar-refractivity contribution in [1.29, 1.82) is 0 Å². The second-order valence-electron chi connectivity index (χ2n) is 2.78. The third-order valence-electron chi connectivity index (χ3n) is 1.89. The van der Waals surface area contributed by atoms with Crippen molar-refractivity contribution in [3.05, 3.63) is 0 Å². The zero-order chi connectivity index (χ0) is 7.61. The number of nitrogens with one attached hydrogen (secondary N) is 1. The molecule has 3 nitrogen and oxygen atoms in total. The third kappa shape index (κ3) is 2.88. The van der Waals surface area contributed by atoms with E-state index < -0.39 is 1.63 Å². The fourth-order valence-corrected chi connectivity index (χ4v) is 4.52. The summed E-state index contributed by atoms with van der Waals surface area (Å²) in [6.07, 6.45) is 1.65. The summed E-state index contributed by atoms with van der Waals surface area (Å²) in [5.41, 5.74) is 0. The number of hydrogen-bond acceptors (Lipinski definition) is 3. The first-order valence-corrected chi connectivity index (χ1v) is 9.28. The average molecular weight is 187 g/mol. The Morgan fingerprint density at radius 1 is 1.30 bits per heavy atom. The zero-order valence-electron chi connectivity index (χ0n) is 6.13. The summed E-state index contributed by atoms with van der Waals surface area (Å²) >= 11 is -0.0397. The van der Waals surface area contributed by atoms with E-state index in [1.807, 2.05) is 0 Å². The van der Waals surface area contributed by atoms with Crippen molar-refractivity contribution in [3.63, 3.8) is 0 Å². The Morgan fingerprint density at radius 3 is 2.10 bits per heavy atom. The van der Waals surface area contributed by atoms with Gasteiger partial charge in [-0.05, 0) is 0 Å². The first-order chi connectivity index (χ1) is 4.61. The summed E-state index contributed by atoms with van der Waals surface area (Å²) in [6.45, 7) is 1.75. The summed E-state index contributed by atoms with van der Waals surface area (Å²) in [7, 11) is 0. The quantitative estimate of drug-likeness (QED) is 0.549. The van der Waals surface area contributed by atoms with Crippen molar-refractivity contribution in [2.45, 2.75) is 18.1 Å². The summed E-state index contributed by atoms with van der Waals surface area (Å²) < 4.78 is 19.5. The van der Waals surface area contributed by atoms with Gasteiger partial charge in [-0.15, -0.1) is 0 Å². The van der Waals surface area contributed by atoms with Crippen molar-refractivity contribution in [3.8, 4) is 0 Å². The number of rotatable bonds is 1. The molecular weight excluding hydrogens is 177 g/mol. The summed E-state index contributed by atoms with van der Waals surface area (Å²) in [6, 6.07) is 0. The molecule has 1 N–H and O–H groups in total. The van der Waals surface area contributed by atoms with Crippen LogP contribution < -0.4 is 5.32 Å². The molecule has 5 heteroatoms. The van der Waals surface area contributed by atoms with E-state index in [0.29, 0.717) is 0 Å². The molecule has 0 aliphatic carbocycles. The van der Waals surface area contributed by atoms with Crippen LogP contribution in [0.5, 0.6) is 0 Å². The van der Waals surface area contributed by atoms with Gasteiger partial charge in [0.25, 0.3) is 0 Å². The molecule has 1 heterocycles. The molecule has 1 aliphatic heterocycles. The molecule has 0 radical (unpaired) electrons. The molecule has 1 fully saturated rings. The van der Waals surface area contributed by atoms with Crippen LogP contribution in [0.25, 0.3) is 0 Å². The van der Waals surface area contributed by atoms with Gasteiger partial charge in [-0.2, -0.15) is 0 Å². The summed E-state index contributed by atoms with van der Waals surface area (Å²) in [5, 5.41) is 3.14. The van der Waals surface area contributed by atoms with E-state index in [4.69, 9.17) is 0 Å². The molecule has 10 heavy (non-hydrogen) atoms. The fourth-order valence-electron chi connectivity index (χ4n) is 1.22. The Hall–Kier alpha value is 1.55. The van der Waals surface area contributed by atoms with Gasteiger partial charge in [0, 0.05) is 0 Å². The van der Waals surface area contributed by atoms with Crippen molar-refractivity contribution >= 4 is 48.4 Å². The Kier molecular flexibility index (Phi) is 3.83. The van der Waals surface area contributed by atoms with Crippen LogP contribution in [0.15, 0.2) is 0 Å². The minimum atomic E-state index is -2.58. The van der Waals surface area contributed by atoms with Gasteiger partial charge in [-0.3, -0.25) is 0 Å². The monoisotopic (exact) mass is 187 g/mol. The summed E-state index contributed by atoms with van der Waals surface area (Å²) in [4.78, 5) is 0. The molecular formula is C5H10KNO2S. The number of piperidine rings is 1.